The minimum Gasteiger partial charge on any atom is -0.502 e. The van der Waals surface area contributed by atoms with Crippen LogP contribution in [0.2, 0.25) is 0 Å². The summed E-state index contributed by atoms with van der Waals surface area (Å²) < 4.78 is 0. The number of hydrogen-bond donors (Lipinski definition) is 3. The average Bonchev–Trinajstić information content (AvgIpc) is 2.17. The zero-order valence-corrected chi connectivity index (χ0v) is 10.4. The Balaban J connectivity index is 2.83. The highest BCUT2D eigenvalue weighted by molar-refractivity contribution is 5.90. The molecule has 0 heterocycles. The summed E-state index contributed by atoms with van der Waals surface area (Å²) in [5.41, 5.74) is -0.628. The normalized spacial score (nSPS) is 10.8. The standard InChI is InChI=1S/C11H15N3O4/c1-11(2,3)13-10(16)12-7-4-5-9(15)8(6-7)14(17)18/h4-6,15H,1-3H3,(H2,12,13,16). The van der Waals surface area contributed by atoms with E-state index in [1.807, 2.05) is 20.8 Å². The summed E-state index contributed by atoms with van der Waals surface area (Å²) in [6.45, 7) is 5.43. The van der Waals surface area contributed by atoms with E-state index in [2.05, 4.69) is 10.6 Å². The van der Waals surface area contributed by atoms with E-state index in [-0.39, 0.29) is 5.69 Å². The molecule has 1 aromatic carbocycles. The lowest BCUT2D eigenvalue weighted by Gasteiger charge is -2.20. The van der Waals surface area contributed by atoms with Gasteiger partial charge in [0.05, 0.1) is 4.92 Å². The van der Waals surface area contributed by atoms with Crippen LogP contribution in [0, 0.1) is 10.1 Å². The molecular formula is C11H15N3O4. The second kappa shape index (κ2) is 4.91. The lowest BCUT2D eigenvalue weighted by Crippen LogP contribution is -2.43. The second-order valence-electron chi connectivity index (χ2n) is 4.79. The van der Waals surface area contributed by atoms with Crippen LogP contribution in [0.4, 0.5) is 16.2 Å². The van der Waals surface area contributed by atoms with Crippen molar-refractivity contribution in [2.75, 3.05) is 5.32 Å². The molecule has 18 heavy (non-hydrogen) atoms. The number of nitro benzene ring substituents is 1. The van der Waals surface area contributed by atoms with Crippen LogP contribution in [-0.4, -0.2) is 21.6 Å². The number of carbonyl (C=O) groups excluding carboxylic acids is 1. The molecule has 0 saturated carbocycles. The number of benzene rings is 1. The third-order valence-electron chi connectivity index (χ3n) is 1.92. The number of aromatic hydroxyl groups is 1. The van der Waals surface area contributed by atoms with Crippen molar-refractivity contribution < 1.29 is 14.8 Å². The first kappa shape index (κ1) is 13.8. The van der Waals surface area contributed by atoms with Crippen molar-refractivity contribution in [3.63, 3.8) is 0 Å². The molecule has 0 atom stereocenters. The van der Waals surface area contributed by atoms with Gasteiger partial charge < -0.3 is 15.7 Å². The Kier molecular flexibility index (Phi) is 3.75. The number of nitrogens with zero attached hydrogens (tertiary/aromatic N) is 1. The molecule has 0 unspecified atom stereocenters. The highest BCUT2D eigenvalue weighted by atomic mass is 16.6. The number of anilines is 1. The molecule has 0 spiro atoms. The third-order valence-corrected chi connectivity index (χ3v) is 1.92. The minimum absolute atomic E-state index is 0.237. The highest BCUT2D eigenvalue weighted by Crippen LogP contribution is 2.28. The Morgan fingerprint density at radius 3 is 2.50 bits per heavy atom. The van der Waals surface area contributed by atoms with Gasteiger partial charge in [-0.3, -0.25) is 10.1 Å². The summed E-state index contributed by atoms with van der Waals surface area (Å²) in [6, 6.07) is 3.16. The minimum atomic E-state index is -0.720. The van der Waals surface area contributed by atoms with Gasteiger partial charge in [-0.05, 0) is 32.9 Å². The van der Waals surface area contributed by atoms with E-state index in [0.29, 0.717) is 0 Å². The summed E-state index contributed by atoms with van der Waals surface area (Å²) in [4.78, 5) is 21.4. The number of carbonyl (C=O) groups is 1. The Labute approximate surface area is 104 Å². The van der Waals surface area contributed by atoms with Crippen molar-refractivity contribution >= 4 is 17.4 Å². The van der Waals surface area contributed by atoms with Gasteiger partial charge in [0.1, 0.15) is 0 Å². The number of phenolic OH excluding ortho intramolecular Hbond substituents is 1. The van der Waals surface area contributed by atoms with Gasteiger partial charge in [0.15, 0.2) is 5.75 Å². The van der Waals surface area contributed by atoms with E-state index in [1.165, 1.54) is 6.07 Å². The van der Waals surface area contributed by atoms with Crippen LogP contribution in [-0.2, 0) is 0 Å². The molecule has 98 valence electrons. The molecule has 0 aromatic heterocycles. The van der Waals surface area contributed by atoms with Crippen LogP contribution < -0.4 is 10.6 Å². The molecule has 2 amide bonds. The maximum atomic E-state index is 11.5. The van der Waals surface area contributed by atoms with Crippen LogP contribution in [0.15, 0.2) is 18.2 Å². The van der Waals surface area contributed by atoms with Gasteiger partial charge >= 0.3 is 11.7 Å². The monoisotopic (exact) mass is 253 g/mol. The van der Waals surface area contributed by atoms with E-state index in [0.717, 1.165) is 12.1 Å². The van der Waals surface area contributed by atoms with Crippen LogP contribution in [0.1, 0.15) is 20.8 Å². The summed E-state index contributed by atoms with van der Waals surface area (Å²) in [7, 11) is 0. The highest BCUT2D eigenvalue weighted by Gasteiger charge is 2.17. The summed E-state index contributed by atoms with van der Waals surface area (Å²) in [6.07, 6.45) is 0. The fraction of sp³-hybridized carbons (Fsp3) is 0.364. The van der Waals surface area contributed by atoms with Gasteiger partial charge in [-0.15, -0.1) is 0 Å². The first-order valence-corrected chi connectivity index (χ1v) is 5.25. The Morgan fingerprint density at radius 2 is 2.00 bits per heavy atom. The first-order chi connectivity index (χ1) is 8.19. The molecule has 0 saturated heterocycles. The fourth-order valence-corrected chi connectivity index (χ4v) is 1.25. The number of rotatable bonds is 2. The van der Waals surface area contributed by atoms with E-state index < -0.39 is 27.9 Å². The summed E-state index contributed by atoms with van der Waals surface area (Å²) in [5, 5.41) is 25.0. The lowest BCUT2D eigenvalue weighted by atomic mass is 10.1. The van der Waals surface area contributed by atoms with Crippen molar-refractivity contribution in [3.8, 4) is 5.75 Å². The molecule has 3 N–H and O–H groups in total. The molecule has 7 heteroatoms. The third kappa shape index (κ3) is 3.93. The fourth-order valence-electron chi connectivity index (χ4n) is 1.25. The van der Waals surface area contributed by atoms with Crippen molar-refractivity contribution in [1.82, 2.24) is 5.32 Å². The molecule has 0 bridgehead atoms. The summed E-state index contributed by atoms with van der Waals surface area (Å²) in [5.74, 6) is -0.443. The number of nitro groups is 1. The maximum Gasteiger partial charge on any atom is 0.319 e. The lowest BCUT2D eigenvalue weighted by molar-refractivity contribution is -0.385. The van der Waals surface area contributed by atoms with Crippen LogP contribution in [0.25, 0.3) is 0 Å². The van der Waals surface area contributed by atoms with Gasteiger partial charge in [-0.1, -0.05) is 0 Å². The van der Waals surface area contributed by atoms with E-state index in [9.17, 15) is 20.0 Å². The molecule has 0 fully saturated rings. The van der Waals surface area contributed by atoms with Crippen molar-refractivity contribution in [1.29, 1.82) is 0 Å². The maximum absolute atomic E-state index is 11.5. The molecule has 0 aliphatic rings. The van der Waals surface area contributed by atoms with E-state index in [1.54, 1.807) is 0 Å². The second-order valence-corrected chi connectivity index (χ2v) is 4.79. The van der Waals surface area contributed by atoms with Gasteiger partial charge in [0.2, 0.25) is 0 Å². The molecular weight excluding hydrogens is 238 g/mol. The molecule has 0 radical (unpaired) electrons. The van der Waals surface area contributed by atoms with Crippen molar-refractivity contribution in [2.45, 2.75) is 26.3 Å². The smallest absolute Gasteiger partial charge is 0.319 e. The molecule has 7 nitrogen and oxygen atoms in total. The molecule has 0 aliphatic carbocycles. The Morgan fingerprint density at radius 1 is 1.39 bits per heavy atom. The van der Waals surface area contributed by atoms with Crippen LogP contribution in [0.3, 0.4) is 0 Å². The summed E-state index contributed by atoms with van der Waals surface area (Å²) >= 11 is 0. The topological polar surface area (TPSA) is 104 Å². The van der Waals surface area contributed by atoms with Crippen molar-refractivity contribution in [2.24, 2.45) is 0 Å². The van der Waals surface area contributed by atoms with Gasteiger partial charge in [-0.2, -0.15) is 0 Å². The van der Waals surface area contributed by atoms with Crippen LogP contribution in [0.5, 0.6) is 5.75 Å². The van der Waals surface area contributed by atoms with Gasteiger partial charge in [-0.25, -0.2) is 4.79 Å². The van der Waals surface area contributed by atoms with Crippen molar-refractivity contribution in [3.05, 3.63) is 28.3 Å². The predicted molar refractivity (Wildman–Crippen MR) is 66.7 cm³/mol. The number of amides is 2. The molecule has 1 rings (SSSR count). The largest absolute Gasteiger partial charge is 0.502 e. The Bertz CT molecular complexity index is 480. The van der Waals surface area contributed by atoms with Gasteiger partial charge in [0.25, 0.3) is 0 Å². The average molecular weight is 253 g/mol. The zero-order chi connectivity index (χ0) is 13.9. The van der Waals surface area contributed by atoms with E-state index in [4.69, 9.17) is 0 Å². The molecule has 0 aliphatic heterocycles. The Hall–Kier alpha value is -2.31. The van der Waals surface area contributed by atoms with E-state index >= 15 is 0 Å². The zero-order valence-electron chi connectivity index (χ0n) is 10.4. The molecule has 1 aromatic rings. The van der Waals surface area contributed by atoms with Crippen LogP contribution >= 0.6 is 0 Å². The number of phenols is 1. The number of urea groups is 1. The van der Waals surface area contributed by atoms with Gasteiger partial charge in [0, 0.05) is 17.3 Å². The first-order valence-electron chi connectivity index (χ1n) is 5.25. The SMILES string of the molecule is CC(C)(C)NC(=O)Nc1ccc(O)c([N+](=O)[O-])c1. The number of hydrogen-bond acceptors (Lipinski definition) is 4. The number of nitrogens with one attached hydrogen (secondary N) is 2. The quantitative estimate of drug-likeness (QED) is 0.427. The predicted octanol–water partition coefficient (Wildman–Crippen LogP) is 2.22.